The molecule has 1 saturated carbocycles. The molecular weight excluding hydrogens is 827 g/mol. The summed E-state index contributed by atoms with van der Waals surface area (Å²) in [6.07, 6.45) is 13.3. The van der Waals surface area contributed by atoms with Crippen molar-refractivity contribution in [3.63, 3.8) is 0 Å². The number of benzene rings is 4. The van der Waals surface area contributed by atoms with Crippen LogP contribution in [-0.4, -0.2) is 9.52 Å². The molecule has 1 fully saturated rings. The third-order valence-electron chi connectivity index (χ3n) is 16.2. The molecule has 0 spiro atoms. The summed E-state index contributed by atoms with van der Waals surface area (Å²) in [5.74, 6) is 1.97. The summed E-state index contributed by atoms with van der Waals surface area (Å²) in [5.41, 5.74) is 16.7. The summed E-state index contributed by atoms with van der Waals surface area (Å²) in [4.78, 5) is 0. The Balaban J connectivity index is 0.00000100. The molecule has 4 aromatic carbocycles. The SMILES string of the molecule is CCCC1=Cc2c(-c3cccc4ccccc34)cccc2C1[C-]1C2=C3Cc4ccccc4C3=C3C=CCCC3(C)C2(C)C(C)(C)C(C)(C)C1(C)C.C[Si]C.[Cl-].[Cl-].[Zr+3]. The van der Waals surface area contributed by atoms with E-state index in [-0.39, 0.29) is 84.0 Å². The summed E-state index contributed by atoms with van der Waals surface area (Å²) in [6, 6.07) is 32.3. The first-order chi connectivity index (χ1) is 25.7. The molecule has 3 atom stereocenters. The van der Waals surface area contributed by atoms with Crippen molar-refractivity contribution in [2.24, 2.45) is 27.1 Å². The number of hydrogen-bond acceptors (Lipinski definition) is 0. The fourth-order valence-corrected chi connectivity index (χ4v) is 12.2. The van der Waals surface area contributed by atoms with Crippen molar-refractivity contribution in [2.75, 3.05) is 0 Å². The van der Waals surface area contributed by atoms with Gasteiger partial charge >= 0.3 is 26.2 Å². The van der Waals surface area contributed by atoms with Crippen molar-refractivity contribution in [1.29, 1.82) is 0 Å². The second-order valence-corrected chi connectivity index (χ2v) is 19.9. The molecule has 3 radical (unpaired) electrons. The molecule has 0 nitrogen and oxygen atoms in total. The maximum absolute atomic E-state index is 2.72. The molecule has 0 heterocycles. The van der Waals surface area contributed by atoms with E-state index in [9.17, 15) is 0 Å². The monoisotopic (exact) mass is 885 g/mol. The average Bonchev–Trinajstić information content (AvgIpc) is 3.71. The van der Waals surface area contributed by atoms with Gasteiger partial charge < -0.3 is 24.8 Å². The van der Waals surface area contributed by atoms with Gasteiger partial charge in [-0.1, -0.05) is 219 Å². The minimum Gasteiger partial charge on any atom is -1.00 e. The van der Waals surface area contributed by atoms with Gasteiger partial charge in [-0.05, 0) is 85.4 Å². The Morgan fingerprint density at radius 2 is 1.35 bits per heavy atom. The van der Waals surface area contributed by atoms with Crippen LogP contribution in [0.3, 0.4) is 0 Å². The molecular formula is C53H61Cl2SiZr. The zero-order chi connectivity index (χ0) is 38.4. The van der Waals surface area contributed by atoms with Gasteiger partial charge in [0.1, 0.15) is 0 Å². The zero-order valence-corrected chi connectivity index (χ0v) is 41.2. The number of halogens is 2. The smallest absolute Gasteiger partial charge is 1.00 e. The van der Waals surface area contributed by atoms with Gasteiger partial charge in [0.25, 0.3) is 0 Å². The van der Waals surface area contributed by atoms with Crippen molar-refractivity contribution in [3.05, 3.63) is 148 Å². The van der Waals surface area contributed by atoms with E-state index in [2.05, 4.69) is 179 Å². The van der Waals surface area contributed by atoms with Crippen molar-refractivity contribution >= 4 is 31.9 Å². The molecule has 9 rings (SSSR count). The van der Waals surface area contributed by atoms with Gasteiger partial charge in [-0.15, -0.1) is 0 Å². The van der Waals surface area contributed by atoms with Gasteiger partial charge in [0.05, 0.1) is 0 Å². The molecule has 295 valence electrons. The first-order valence-corrected chi connectivity index (χ1v) is 22.7. The zero-order valence-electron chi connectivity index (χ0n) is 36.2. The fraction of sp³-hybridized carbons (Fsp3) is 0.415. The van der Waals surface area contributed by atoms with Crippen LogP contribution in [-0.2, 0) is 32.6 Å². The Kier molecular flexibility index (Phi) is 13.0. The molecule has 0 bridgehead atoms. The minimum atomic E-state index is -0.0668. The molecule has 0 amide bonds. The third-order valence-corrected chi connectivity index (χ3v) is 16.2. The molecule has 57 heavy (non-hydrogen) atoms. The van der Waals surface area contributed by atoms with Crippen LogP contribution in [0.15, 0.2) is 119 Å². The van der Waals surface area contributed by atoms with Crippen molar-refractivity contribution in [2.45, 2.75) is 113 Å². The largest absolute Gasteiger partial charge is 3.00 e. The maximum Gasteiger partial charge on any atom is 3.00 e. The Hall–Kier alpha value is -2.35. The van der Waals surface area contributed by atoms with Gasteiger partial charge in [-0.2, -0.15) is 17.1 Å². The summed E-state index contributed by atoms with van der Waals surface area (Å²) >= 11 is 0. The number of fused-ring (bicyclic) bond motifs is 8. The van der Waals surface area contributed by atoms with Gasteiger partial charge in [0.15, 0.2) is 0 Å². The summed E-state index contributed by atoms with van der Waals surface area (Å²) < 4.78 is 0. The van der Waals surface area contributed by atoms with E-state index in [1.54, 1.807) is 33.8 Å². The number of allylic oxidation sites excluding steroid dienone is 7. The fourth-order valence-electron chi connectivity index (χ4n) is 12.2. The van der Waals surface area contributed by atoms with Crippen LogP contribution in [0.4, 0.5) is 0 Å². The van der Waals surface area contributed by atoms with E-state index >= 15 is 0 Å². The molecule has 5 aliphatic rings. The van der Waals surface area contributed by atoms with Crippen LogP contribution in [0.1, 0.15) is 116 Å². The third kappa shape index (κ3) is 6.14. The average molecular weight is 888 g/mol. The van der Waals surface area contributed by atoms with E-state index in [0.717, 1.165) is 35.2 Å². The minimum absolute atomic E-state index is 0. The normalized spacial score (nSPS) is 25.3. The van der Waals surface area contributed by atoms with Gasteiger partial charge in [0, 0.05) is 9.52 Å². The van der Waals surface area contributed by atoms with Crippen molar-refractivity contribution in [1.82, 2.24) is 0 Å². The van der Waals surface area contributed by atoms with Crippen LogP contribution in [0, 0.1) is 33.0 Å². The predicted molar refractivity (Wildman–Crippen MR) is 236 cm³/mol. The molecule has 0 aromatic heterocycles. The number of rotatable bonds is 4. The summed E-state index contributed by atoms with van der Waals surface area (Å²) in [6.45, 7) is 27.8. The first-order valence-electron chi connectivity index (χ1n) is 20.7. The molecule has 0 saturated heterocycles. The van der Waals surface area contributed by atoms with Gasteiger partial charge in [0.2, 0.25) is 0 Å². The van der Waals surface area contributed by atoms with Gasteiger partial charge in [-0.25, -0.2) is 0 Å². The standard InChI is InChI=1S/C51H55.C2H6Si.2ClH.Zr/c1-10-19-34-31-40-38(37-25-17-22-32-20-11-13-23-35(32)37)26-18-27-39(40)43(34)46-45-41-30-33-21-12-14-24-36(33)44(41)42-28-15-16-29-50(42,8)51(45,9)49(6,7)48(4,5)47(46,2)3;1-3-2;;;/h11-15,17-18,20-28,31,43H,10,16,19,29-30H2,1-9H3;1-2H3;2*1H;/q-1;;;;+3/p-2. The second-order valence-electron chi connectivity index (χ2n) is 18.9. The van der Waals surface area contributed by atoms with Crippen LogP contribution in [0.2, 0.25) is 13.1 Å². The quantitative estimate of drug-likeness (QED) is 0.142. The first kappa shape index (κ1) is 45.7. The molecule has 4 heteroatoms. The van der Waals surface area contributed by atoms with Gasteiger partial charge in [-0.3, -0.25) is 0 Å². The van der Waals surface area contributed by atoms with Crippen LogP contribution < -0.4 is 24.8 Å². The second kappa shape index (κ2) is 16.3. The van der Waals surface area contributed by atoms with E-state index < -0.39 is 0 Å². The summed E-state index contributed by atoms with van der Waals surface area (Å²) in [5, 5.41) is 2.65. The van der Waals surface area contributed by atoms with Crippen LogP contribution >= 0.6 is 0 Å². The molecule has 5 aliphatic carbocycles. The van der Waals surface area contributed by atoms with Crippen molar-refractivity contribution < 1.29 is 51.0 Å². The number of hydrogen-bond donors (Lipinski definition) is 0. The Morgan fingerprint density at radius 1 is 0.737 bits per heavy atom. The van der Waals surface area contributed by atoms with Crippen molar-refractivity contribution in [3.8, 4) is 11.1 Å². The Morgan fingerprint density at radius 3 is 2.07 bits per heavy atom. The van der Waals surface area contributed by atoms with Crippen LogP contribution in [0.5, 0.6) is 0 Å². The Labute approximate surface area is 379 Å². The van der Waals surface area contributed by atoms with E-state index in [1.165, 1.54) is 50.6 Å². The Bertz CT molecular complexity index is 2300. The van der Waals surface area contributed by atoms with E-state index in [0.29, 0.717) is 0 Å². The summed E-state index contributed by atoms with van der Waals surface area (Å²) in [7, 11) is 1.08. The van der Waals surface area contributed by atoms with E-state index in [4.69, 9.17) is 0 Å². The van der Waals surface area contributed by atoms with Crippen LogP contribution in [0.25, 0.3) is 33.5 Å². The molecule has 0 aliphatic heterocycles. The van der Waals surface area contributed by atoms with E-state index in [1.807, 2.05) is 0 Å². The molecule has 3 unspecified atom stereocenters. The topological polar surface area (TPSA) is 0 Å². The molecule has 0 N–H and O–H groups in total. The molecule has 4 aromatic rings. The predicted octanol–water partition coefficient (Wildman–Crippen LogP) is 8.93. The maximum atomic E-state index is 2.72.